The van der Waals surface area contributed by atoms with E-state index in [1.807, 2.05) is 6.07 Å². The van der Waals surface area contributed by atoms with E-state index in [4.69, 9.17) is 10.00 Å². The fraction of sp³-hybridized carbons (Fsp3) is 0.429. The monoisotopic (exact) mass is 262 g/mol. The van der Waals surface area contributed by atoms with Gasteiger partial charge in [-0.1, -0.05) is 12.1 Å². The SMILES string of the molecule is CC(C)(C)OC(=O)Nc1cccc(CCC#N)c1O. The number of para-hydroxylation sites is 1. The average Bonchev–Trinajstić information content (AvgIpc) is 2.28. The maximum atomic E-state index is 11.6. The maximum absolute atomic E-state index is 11.6. The summed E-state index contributed by atoms with van der Waals surface area (Å²) in [5.41, 5.74) is 0.304. The van der Waals surface area contributed by atoms with Crippen molar-refractivity contribution in [2.24, 2.45) is 0 Å². The standard InChI is InChI=1S/C14H18N2O3/c1-14(2,3)19-13(18)16-11-8-4-6-10(12(11)17)7-5-9-15/h4,6,8,17H,5,7H2,1-3H3,(H,16,18). The largest absolute Gasteiger partial charge is 0.505 e. The van der Waals surface area contributed by atoms with E-state index < -0.39 is 11.7 Å². The van der Waals surface area contributed by atoms with Crippen LogP contribution in [0.25, 0.3) is 0 Å². The van der Waals surface area contributed by atoms with Crippen LogP contribution in [-0.2, 0) is 11.2 Å². The lowest BCUT2D eigenvalue weighted by molar-refractivity contribution is 0.0635. The third-order valence-corrected chi connectivity index (χ3v) is 2.26. The molecule has 0 radical (unpaired) electrons. The third-order valence-electron chi connectivity index (χ3n) is 2.26. The van der Waals surface area contributed by atoms with Gasteiger partial charge in [-0.05, 0) is 38.8 Å². The topological polar surface area (TPSA) is 82.3 Å². The predicted octanol–water partition coefficient (Wildman–Crippen LogP) is 3.20. The molecular formula is C14H18N2O3. The summed E-state index contributed by atoms with van der Waals surface area (Å²) >= 11 is 0. The minimum atomic E-state index is -0.625. The van der Waals surface area contributed by atoms with E-state index in [0.29, 0.717) is 18.4 Å². The summed E-state index contributed by atoms with van der Waals surface area (Å²) in [6, 6.07) is 7.01. The Morgan fingerprint density at radius 3 is 2.74 bits per heavy atom. The number of nitriles is 1. The lowest BCUT2D eigenvalue weighted by Crippen LogP contribution is -2.27. The van der Waals surface area contributed by atoms with Gasteiger partial charge in [-0.3, -0.25) is 5.32 Å². The highest BCUT2D eigenvalue weighted by atomic mass is 16.6. The van der Waals surface area contributed by atoms with Crippen LogP contribution in [0.2, 0.25) is 0 Å². The number of carbonyl (C=O) groups excluding carboxylic acids is 1. The number of hydrogen-bond donors (Lipinski definition) is 2. The van der Waals surface area contributed by atoms with Gasteiger partial charge in [0.2, 0.25) is 0 Å². The van der Waals surface area contributed by atoms with Gasteiger partial charge in [0.15, 0.2) is 0 Å². The molecule has 2 N–H and O–H groups in total. The lowest BCUT2D eigenvalue weighted by Gasteiger charge is -2.20. The Balaban J connectivity index is 2.79. The summed E-state index contributed by atoms with van der Waals surface area (Å²) in [4.78, 5) is 11.6. The molecule has 0 heterocycles. The molecule has 102 valence electrons. The van der Waals surface area contributed by atoms with Crippen LogP contribution >= 0.6 is 0 Å². The van der Waals surface area contributed by atoms with Crippen molar-refractivity contribution >= 4 is 11.8 Å². The molecule has 5 nitrogen and oxygen atoms in total. The first kappa shape index (κ1) is 14.8. The summed E-state index contributed by atoms with van der Waals surface area (Å²) in [5.74, 6) is -0.0244. The number of nitrogens with one attached hydrogen (secondary N) is 1. The molecule has 1 amide bonds. The molecule has 0 aliphatic rings. The third kappa shape index (κ3) is 4.88. The van der Waals surface area contributed by atoms with Crippen molar-refractivity contribution < 1.29 is 14.6 Å². The van der Waals surface area contributed by atoms with E-state index in [-0.39, 0.29) is 11.4 Å². The molecule has 19 heavy (non-hydrogen) atoms. The molecule has 5 heteroatoms. The highest BCUT2D eigenvalue weighted by Crippen LogP contribution is 2.28. The van der Waals surface area contributed by atoms with Crippen molar-refractivity contribution in [3.05, 3.63) is 23.8 Å². The van der Waals surface area contributed by atoms with E-state index in [0.717, 1.165) is 0 Å². The number of rotatable bonds is 3. The second-order valence-electron chi connectivity index (χ2n) is 5.10. The van der Waals surface area contributed by atoms with Crippen molar-refractivity contribution in [3.8, 4) is 11.8 Å². The molecule has 0 aliphatic heterocycles. The molecule has 0 spiro atoms. The summed E-state index contributed by atoms with van der Waals surface area (Å²) in [7, 11) is 0. The maximum Gasteiger partial charge on any atom is 0.412 e. The van der Waals surface area contributed by atoms with Crippen LogP contribution in [0.15, 0.2) is 18.2 Å². The molecule has 0 aromatic heterocycles. The quantitative estimate of drug-likeness (QED) is 0.819. The highest BCUT2D eigenvalue weighted by Gasteiger charge is 2.17. The van der Waals surface area contributed by atoms with Crippen molar-refractivity contribution in [2.75, 3.05) is 5.32 Å². The number of phenolic OH excluding ortho intramolecular Hbond substituents is 1. The Labute approximate surface area is 112 Å². The molecule has 0 bridgehead atoms. The number of aryl methyl sites for hydroxylation is 1. The zero-order valence-corrected chi connectivity index (χ0v) is 11.4. The number of ether oxygens (including phenoxy) is 1. The highest BCUT2D eigenvalue weighted by molar-refractivity contribution is 5.87. The Morgan fingerprint density at radius 1 is 1.47 bits per heavy atom. The summed E-state index contributed by atoms with van der Waals surface area (Å²) in [5, 5.41) is 21.0. The number of benzene rings is 1. The zero-order chi connectivity index (χ0) is 14.5. The van der Waals surface area contributed by atoms with Crippen LogP contribution in [0.5, 0.6) is 5.75 Å². The first-order chi connectivity index (χ1) is 8.83. The van der Waals surface area contributed by atoms with E-state index in [1.54, 1.807) is 39.0 Å². The van der Waals surface area contributed by atoms with E-state index in [1.165, 1.54) is 0 Å². The minimum Gasteiger partial charge on any atom is -0.505 e. The second-order valence-corrected chi connectivity index (χ2v) is 5.10. The Morgan fingerprint density at radius 2 is 2.16 bits per heavy atom. The van der Waals surface area contributed by atoms with Crippen molar-refractivity contribution in [1.82, 2.24) is 0 Å². The van der Waals surface area contributed by atoms with Gasteiger partial charge in [0.05, 0.1) is 11.8 Å². The van der Waals surface area contributed by atoms with Gasteiger partial charge in [0, 0.05) is 6.42 Å². The Kier molecular flexibility index (Phi) is 4.76. The second kappa shape index (κ2) is 6.10. The molecule has 0 saturated heterocycles. The smallest absolute Gasteiger partial charge is 0.412 e. The Bertz CT molecular complexity index is 498. The van der Waals surface area contributed by atoms with Gasteiger partial charge < -0.3 is 9.84 Å². The van der Waals surface area contributed by atoms with Crippen LogP contribution in [-0.4, -0.2) is 16.8 Å². The van der Waals surface area contributed by atoms with Gasteiger partial charge >= 0.3 is 6.09 Å². The van der Waals surface area contributed by atoms with Crippen molar-refractivity contribution in [1.29, 1.82) is 5.26 Å². The fourth-order valence-electron chi connectivity index (χ4n) is 1.50. The molecule has 1 rings (SSSR count). The minimum absolute atomic E-state index is 0.0244. The number of phenols is 1. The van der Waals surface area contributed by atoms with Crippen LogP contribution in [0.3, 0.4) is 0 Å². The first-order valence-electron chi connectivity index (χ1n) is 6.01. The summed E-state index contributed by atoms with van der Waals surface area (Å²) in [6.45, 7) is 5.28. The fourth-order valence-corrected chi connectivity index (χ4v) is 1.50. The van der Waals surface area contributed by atoms with E-state index >= 15 is 0 Å². The van der Waals surface area contributed by atoms with Crippen LogP contribution in [0.4, 0.5) is 10.5 Å². The van der Waals surface area contributed by atoms with E-state index in [9.17, 15) is 9.90 Å². The van der Waals surface area contributed by atoms with Gasteiger partial charge in [-0.25, -0.2) is 4.79 Å². The molecule has 0 aliphatic carbocycles. The summed E-state index contributed by atoms with van der Waals surface area (Å²) in [6.07, 6.45) is 0.121. The molecule has 1 aromatic rings. The van der Waals surface area contributed by atoms with Gasteiger partial charge in [-0.15, -0.1) is 0 Å². The predicted molar refractivity (Wildman–Crippen MR) is 71.9 cm³/mol. The van der Waals surface area contributed by atoms with Crippen molar-refractivity contribution in [3.63, 3.8) is 0 Å². The molecule has 0 fully saturated rings. The molecule has 0 atom stereocenters. The average molecular weight is 262 g/mol. The number of hydrogen-bond acceptors (Lipinski definition) is 4. The number of carbonyl (C=O) groups is 1. The van der Waals surface area contributed by atoms with Crippen molar-refractivity contribution in [2.45, 2.75) is 39.2 Å². The zero-order valence-electron chi connectivity index (χ0n) is 11.4. The van der Waals surface area contributed by atoms with Crippen LogP contribution < -0.4 is 5.32 Å². The van der Waals surface area contributed by atoms with E-state index in [2.05, 4.69) is 5.32 Å². The lowest BCUT2D eigenvalue weighted by atomic mass is 10.1. The molecule has 1 aromatic carbocycles. The van der Waals surface area contributed by atoms with Gasteiger partial charge in [0.1, 0.15) is 11.4 Å². The molecule has 0 unspecified atom stereocenters. The van der Waals surface area contributed by atoms with Crippen LogP contribution in [0, 0.1) is 11.3 Å². The number of aromatic hydroxyl groups is 1. The molecule has 0 saturated carbocycles. The Hall–Kier alpha value is -2.22. The first-order valence-corrected chi connectivity index (χ1v) is 6.01. The molecular weight excluding hydrogens is 244 g/mol. The van der Waals surface area contributed by atoms with Gasteiger partial charge in [0.25, 0.3) is 0 Å². The van der Waals surface area contributed by atoms with Crippen LogP contribution in [0.1, 0.15) is 32.8 Å². The van der Waals surface area contributed by atoms with Gasteiger partial charge in [-0.2, -0.15) is 5.26 Å². The number of anilines is 1. The normalized spacial score (nSPS) is 10.6. The summed E-state index contributed by atoms with van der Waals surface area (Å²) < 4.78 is 5.10. The number of amides is 1. The number of nitrogens with zero attached hydrogens (tertiary/aromatic N) is 1.